The first-order valence-electron chi connectivity index (χ1n) is 17.3. The van der Waals surface area contributed by atoms with Crippen molar-refractivity contribution >= 4 is 50.7 Å². The Labute approximate surface area is 298 Å². The zero-order valence-corrected chi connectivity index (χ0v) is 30.5. The molecule has 3 heterocycles. The van der Waals surface area contributed by atoms with Crippen molar-refractivity contribution in [1.29, 1.82) is 0 Å². The number of aliphatic hydroxyl groups is 1. The molecule has 3 saturated heterocycles. The number of halogens is 1. The van der Waals surface area contributed by atoms with Gasteiger partial charge in [-0.05, 0) is 82.1 Å². The Kier molecular flexibility index (Phi) is 11.6. The molecule has 49 heavy (non-hydrogen) atoms. The van der Waals surface area contributed by atoms with Crippen molar-refractivity contribution in [2.45, 2.75) is 69.2 Å². The average Bonchev–Trinajstić information content (AvgIpc) is 3.71. The van der Waals surface area contributed by atoms with E-state index < -0.39 is 35.6 Å². The lowest BCUT2D eigenvalue weighted by atomic mass is 9.70. The summed E-state index contributed by atoms with van der Waals surface area (Å²) in [5.41, 5.74) is 1.06. The van der Waals surface area contributed by atoms with Crippen LogP contribution in [0.1, 0.15) is 40.5 Å². The fourth-order valence-electron chi connectivity index (χ4n) is 7.99. The lowest BCUT2D eigenvalue weighted by Gasteiger charge is -2.39. The molecular formula is C38H49BrN4O6. The molecule has 0 aliphatic carbocycles. The second-order valence-electron chi connectivity index (χ2n) is 12.7. The van der Waals surface area contributed by atoms with Crippen LogP contribution >= 0.6 is 15.9 Å². The van der Waals surface area contributed by atoms with Gasteiger partial charge in [-0.25, -0.2) is 0 Å². The first-order valence-corrected chi connectivity index (χ1v) is 18.2. The smallest absolute Gasteiger partial charge is 0.253 e. The summed E-state index contributed by atoms with van der Waals surface area (Å²) < 4.78 is 12.4. The van der Waals surface area contributed by atoms with Crippen LogP contribution < -0.4 is 19.4 Å². The highest BCUT2D eigenvalue weighted by Gasteiger charge is 2.77. The predicted octanol–water partition coefficient (Wildman–Crippen LogP) is 5.19. The van der Waals surface area contributed by atoms with Gasteiger partial charge in [-0.1, -0.05) is 35.0 Å². The van der Waals surface area contributed by atoms with Crippen LogP contribution in [-0.2, 0) is 19.1 Å². The Bertz CT molecular complexity index is 1510. The van der Waals surface area contributed by atoms with Crippen LogP contribution in [0.5, 0.6) is 5.75 Å². The summed E-state index contributed by atoms with van der Waals surface area (Å²) in [6.45, 7) is 18.1. The van der Waals surface area contributed by atoms with E-state index in [0.29, 0.717) is 36.6 Å². The van der Waals surface area contributed by atoms with Crippen LogP contribution in [0.4, 0.5) is 17.1 Å². The average molecular weight is 738 g/mol. The quantitative estimate of drug-likeness (QED) is 0.187. The van der Waals surface area contributed by atoms with Gasteiger partial charge in [-0.15, -0.1) is 13.2 Å². The number of ether oxygens (including phenoxy) is 2. The summed E-state index contributed by atoms with van der Waals surface area (Å²) in [5, 5.41) is 10.5. The number of rotatable bonds is 16. The van der Waals surface area contributed by atoms with Gasteiger partial charge in [0, 0.05) is 48.1 Å². The molecule has 3 fully saturated rings. The summed E-state index contributed by atoms with van der Waals surface area (Å²) in [6, 6.07) is 13.3. The Hall–Kier alpha value is -3.67. The van der Waals surface area contributed by atoms with E-state index in [9.17, 15) is 19.5 Å². The maximum atomic E-state index is 15.0. The second-order valence-corrected chi connectivity index (χ2v) is 13.9. The van der Waals surface area contributed by atoms with Crippen LogP contribution in [0.3, 0.4) is 0 Å². The fourth-order valence-corrected chi connectivity index (χ4v) is 8.93. The number of hydrogen-bond donors (Lipinski definition) is 1. The molecule has 11 heteroatoms. The van der Waals surface area contributed by atoms with Gasteiger partial charge in [0.15, 0.2) is 0 Å². The van der Waals surface area contributed by atoms with Gasteiger partial charge in [-0.2, -0.15) is 0 Å². The summed E-state index contributed by atoms with van der Waals surface area (Å²) in [6.07, 6.45) is 3.45. The van der Waals surface area contributed by atoms with Gasteiger partial charge in [0.1, 0.15) is 17.4 Å². The first-order chi connectivity index (χ1) is 23.7. The van der Waals surface area contributed by atoms with Gasteiger partial charge >= 0.3 is 0 Å². The van der Waals surface area contributed by atoms with E-state index >= 15 is 0 Å². The van der Waals surface area contributed by atoms with Crippen molar-refractivity contribution in [1.82, 2.24) is 4.90 Å². The number of carbonyl (C=O) groups is 3. The molecule has 3 aliphatic rings. The molecule has 10 nitrogen and oxygen atoms in total. The molecule has 1 spiro atoms. The normalized spacial score (nSPS) is 25.9. The number of anilines is 3. The van der Waals surface area contributed by atoms with Crippen molar-refractivity contribution in [3.8, 4) is 5.75 Å². The lowest BCUT2D eigenvalue weighted by Crippen LogP contribution is -2.59. The molecule has 3 unspecified atom stereocenters. The lowest BCUT2D eigenvalue weighted by molar-refractivity contribution is -0.144. The highest BCUT2D eigenvalue weighted by molar-refractivity contribution is 9.09. The number of benzene rings is 2. The minimum atomic E-state index is -1.28. The number of fused-ring (bicyclic) bond motifs is 1. The van der Waals surface area contributed by atoms with Gasteiger partial charge in [-0.3, -0.25) is 14.4 Å². The molecular weight excluding hydrogens is 688 g/mol. The topological polar surface area (TPSA) is 103 Å². The third-order valence-corrected chi connectivity index (χ3v) is 11.1. The third kappa shape index (κ3) is 6.41. The van der Waals surface area contributed by atoms with Crippen LogP contribution in [0, 0.1) is 11.8 Å². The Morgan fingerprint density at radius 2 is 1.53 bits per heavy atom. The molecule has 5 rings (SSSR count). The predicted molar refractivity (Wildman–Crippen MR) is 196 cm³/mol. The SMILES string of the molecule is C=CCN(C(=O)C1N([C@@H](CC)CO)C(=O)[C@@H]2[C@H](C(=O)N(CC=C)c3ccc(OCC)cc3)[C@H]3OC12CC3Br)c1ccc(N(CC)CC)cc1. The minimum Gasteiger partial charge on any atom is -0.494 e. The maximum absolute atomic E-state index is 15.0. The van der Waals surface area contributed by atoms with Crippen LogP contribution in [-0.4, -0.2) is 95.7 Å². The Morgan fingerprint density at radius 1 is 0.980 bits per heavy atom. The van der Waals surface area contributed by atoms with Crippen LogP contribution in [0.2, 0.25) is 0 Å². The molecule has 264 valence electrons. The van der Waals surface area contributed by atoms with Gasteiger partial charge < -0.3 is 34.2 Å². The van der Waals surface area contributed by atoms with Crippen LogP contribution in [0.15, 0.2) is 73.8 Å². The molecule has 2 aromatic carbocycles. The number of nitrogens with zero attached hydrogens (tertiary/aromatic N) is 4. The minimum absolute atomic E-state index is 0.201. The Morgan fingerprint density at radius 3 is 2.04 bits per heavy atom. The molecule has 0 aromatic heterocycles. The second kappa shape index (κ2) is 15.5. The molecule has 2 aromatic rings. The molecule has 1 N–H and O–H groups in total. The standard InChI is InChI=1S/C38H49BrN4O6/c1-7-21-41(28-17-19-29(20-18-28)48-12-6)35(45)31-32-36(46)43(25(9-3)24-44)34(38(32)23-30(39)33(31)49-38)37(47)42(22-8-2)27-15-13-26(14-16-27)40(10-4)11-5/h7-8,13-20,25,30-34,44H,1-2,9-12,21-24H2,3-6H3/t25-,30?,31-,32-,33-,34?,38?/m0/s1. The number of amides is 3. The fraction of sp³-hybridized carbons (Fsp3) is 0.500. The first kappa shape index (κ1) is 36.6. The van der Waals surface area contributed by atoms with E-state index in [1.165, 1.54) is 4.90 Å². The number of carbonyl (C=O) groups excluding carboxylic acids is 3. The van der Waals surface area contributed by atoms with Crippen molar-refractivity contribution in [2.24, 2.45) is 11.8 Å². The van der Waals surface area contributed by atoms with E-state index in [4.69, 9.17) is 9.47 Å². The summed E-state index contributed by atoms with van der Waals surface area (Å²) in [4.78, 5) is 51.1. The zero-order chi connectivity index (χ0) is 35.5. The van der Waals surface area contributed by atoms with E-state index in [2.05, 4.69) is 47.8 Å². The molecule has 3 aliphatic heterocycles. The number of hydrogen-bond acceptors (Lipinski definition) is 7. The van der Waals surface area contributed by atoms with E-state index in [0.717, 1.165) is 18.8 Å². The highest BCUT2D eigenvalue weighted by Crippen LogP contribution is 2.61. The molecule has 2 bridgehead atoms. The van der Waals surface area contributed by atoms with Crippen LogP contribution in [0.25, 0.3) is 0 Å². The van der Waals surface area contributed by atoms with Gasteiger partial charge in [0.2, 0.25) is 11.8 Å². The van der Waals surface area contributed by atoms with E-state index in [-0.39, 0.29) is 42.2 Å². The third-order valence-electron chi connectivity index (χ3n) is 10.2. The highest BCUT2D eigenvalue weighted by atomic mass is 79.9. The number of likely N-dealkylation sites (tertiary alicyclic amines) is 1. The van der Waals surface area contributed by atoms with Crippen molar-refractivity contribution in [3.63, 3.8) is 0 Å². The number of alkyl halides is 1. The summed E-state index contributed by atoms with van der Waals surface area (Å²) >= 11 is 3.78. The van der Waals surface area contributed by atoms with E-state index in [1.807, 2.05) is 50.2 Å². The van der Waals surface area contributed by atoms with Crippen molar-refractivity contribution < 1.29 is 29.0 Å². The number of aliphatic hydroxyl groups excluding tert-OH is 1. The summed E-state index contributed by atoms with van der Waals surface area (Å²) in [7, 11) is 0. The van der Waals surface area contributed by atoms with Gasteiger partial charge in [0.05, 0.1) is 37.2 Å². The zero-order valence-electron chi connectivity index (χ0n) is 29.0. The van der Waals surface area contributed by atoms with E-state index in [1.54, 1.807) is 34.1 Å². The van der Waals surface area contributed by atoms with Crippen molar-refractivity contribution in [3.05, 3.63) is 73.8 Å². The maximum Gasteiger partial charge on any atom is 0.253 e. The Balaban J connectivity index is 1.57. The van der Waals surface area contributed by atoms with Crippen molar-refractivity contribution in [2.75, 3.05) is 54.1 Å². The monoisotopic (exact) mass is 736 g/mol. The molecule has 0 radical (unpaired) electrons. The largest absolute Gasteiger partial charge is 0.494 e. The molecule has 3 amide bonds. The summed E-state index contributed by atoms with van der Waals surface area (Å²) in [5.74, 6) is -2.06. The molecule has 7 atom stereocenters. The van der Waals surface area contributed by atoms with Gasteiger partial charge in [0.25, 0.3) is 5.91 Å². The molecule has 0 saturated carbocycles.